The third-order valence-electron chi connectivity index (χ3n) is 4.42. The SMILES string of the molecule is CCOC1CC(CC(=O)N2CCCCCC2C(=O)O)C1. The summed E-state index contributed by atoms with van der Waals surface area (Å²) < 4.78 is 5.50. The van der Waals surface area contributed by atoms with Gasteiger partial charge in [-0.05, 0) is 38.5 Å². The summed E-state index contributed by atoms with van der Waals surface area (Å²) >= 11 is 0. The van der Waals surface area contributed by atoms with Crippen molar-refractivity contribution < 1.29 is 19.4 Å². The standard InChI is InChI=1S/C15H25NO4/c1-2-20-12-8-11(9-12)10-14(17)16-7-5-3-4-6-13(16)15(18)19/h11-13H,2-10H2,1H3,(H,18,19). The Morgan fingerprint density at radius 3 is 2.65 bits per heavy atom. The number of carboxylic acid groups (broad SMARTS) is 1. The molecule has 0 bridgehead atoms. The number of hydrogen-bond donors (Lipinski definition) is 1. The average molecular weight is 283 g/mol. The molecule has 0 spiro atoms. The molecular formula is C15H25NO4. The van der Waals surface area contributed by atoms with E-state index in [-0.39, 0.29) is 5.91 Å². The second-order valence-corrected chi connectivity index (χ2v) is 5.91. The lowest BCUT2D eigenvalue weighted by Crippen LogP contribution is -2.46. The third kappa shape index (κ3) is 3.72. The van der Waals surface area contributed by atoms with E-state index < -0.39 is 12.0 Å². The number of likely N-dealkylation sites (tertiary alicyclic amines) is 1. The van der Waals surface area contributed by atoms with Crippen molar-refractivity contribution >= 4 is 11.9 Å². The van der Waals surface area contributed by atoms with Crippen LogP contribution in [0.3, 0.4) is 0 Å². The van der Waals surface area contributed by atoms with Crippen LogP contribution in [0, 0.1) is 5.92 Å². The molecule has 1 heterocycles. The predicted octanol–water partition coefficient (Wildman–Crippen LogP) is 2.05. The van der Waals surface area contributed by atoms with E-state index in [1.54, 1.807) is 4.90 Å². The Labute approximate surface area is 120 Å². The lowest BCUT2D eigenvalue weighted by Gasteiger charge is -2.36. The van der Waals surface area contributed by atoms with E-state index in [1.807, 2.05) is 6.92 Å². The van der Waals surface area contributed by atoms with Crippen LogP contribution in [0.25, 0.3) is 0 Å². The van der Waals surface area contributed by atoms with Crippen LogP contribution in [0.4, 0.5) is 0 Å². The molecule has 114 valence electrons. The van der Waals surface area contributed by atoms with Gasteiger partial charge in [-0.3, -0.25) is 4.79 Å². The second kappa shape index (κ2) is 7.07. The Morgan fingerprint density at radius 1 is 1.25 bits per heavy atom. The summed E-state index contributed by atoms with van der Waals surface area (Å²) in [6.45, 7) is 3.29. The van der Waals surface area contributed by atoms with Gasteiger partial charge in [-0.25, -0.2) is 4.79 Å². The molecule has 5 nitrogen and oxygen atoms in total. The van der Waals surface area contributed by atoms with Gasteiger partial charge in [-0.1, -0.05) is 12.8 Å². The highest BCUT2D eigenvalue weighted by atomic mass is 16.5. The molecule has 1 saturated heterocycles. The minimum atomic E-state index is -0.860. The molecule has 0 radical (unpaired) electrons. The first-order chi connectivity index (χ1) is 9.61. The normalized spacial score (nSPS) is 30.4. The van der Waals surface area contributed by atoms with Crippen LogP contribution in [-0.2, 0) is 14.3 Å². The first-order valence-electron chi connectivity index (χ1n) is 7.75. The summed E-state index contributed by atoms with van der Waals surface area (Å²) in [5.41, 5.74) is 0. The van der Waals surface area contributed by atoms with Crippen molar-refractivity contribution in [3.8, 4) is 0 Å². The molecule has 0 aromatic carbocycles. The van der Waals surface area contributed by atoms with E-state index in [0.29, 0.717) is 31.4 Å². The van der Waals surface area contributed by atoms with E-state index in [4.69, 9.17) is 4.74 Å². The van der Waals surface area contributed by atoms with Crippen LogP contribution in [0.5, 0.6) is 0 Å². The fourth-order valence-electron chi connectivity index (χ4n) is 3.24. The number of aliphatic carboxylic acids is 1. The van der Waals surface area contributed by atoms with Gasteiger partial charge in [0.2, 0.25) is 5.91 Å². The monoisotopic (exact) mass is 283 g/mol. The van der Waals surface area contributed by atoms with Gasteiger partial charge < -0.3 is 14.7 Å². The van der Waals surface area contributed by atoms with E-state index in [0.717, 1.165) is 38.7 Å². The quantitative estimate of drug-likeness (QED) is 0.838. The Balaban J connectivity index is 1.85. The Kier molecular flexibility index (Phi) is 5.40. The molecular weight excluding hydrogens is 258 g/mol. The highest BCUT2D eigenvalue weighted by molar-refractivity contribution is 5.83. The molecule has 1 aliphatic carbocycles. The van der Waals surface area contributed by atoms with Gasteiger partial charge in [0, 0.05) is 19.6 Å². The fraction of sp³-hybridized carbons (Fsp3) is 0.867. The Morgan fingerprint density at radius 2 is 2.00 bits per heavy atom. The van der Waals surface area contributed by atoms with E-state index in [2.05, 4.69) is 0 Å². The second-order valence-electron chi connectivity index (χ2n) is 5.91. The van der Waals surface area contributed by atoms with Crippen molar-refractivity contribution in [3.63, 3.8) is 0 Å². The number of hydrogen-bond acceptors (Lipinski definition) is 3. The maximum Gasteiger partial charge on any atom is 0.326 e. The van der Waals surface area contributed by atoms with Crippen molar-refractivity contribution in [1.29, 1.82) is 0 Å². The van der Waals surface area contributed by atoms with Gasteiger partial charge in [0.05, 0.1) is 6.10 Å². The summed E-state index contributed by atoms with van der Waals surface area (Å²) in [5.74, 6) is -0.475. The zero-order valence-electron chi connectivity index (χ0n) is 12.2. The van der Waals surface area contributed by atoms with Crippen molar-refractivity contribution in [2.75, 3.05) is 13.2 Å². The van der Waals surface area contributed by atoms with Crippen LogP contribution >= 0.6 is 0 Å². The molecule has 2 rings (SSSR count). The number of amides is 1. The van der Waals surface area contributed by atoms with Gasteiger partial charge in [0.25, 0.3) is 0 Å². The smallest absolute Gasteiger partial charge is 0.326 e. The number of carbonyl (C=O) groups is 2. The van der Waals surface area contributed by atoms with Crippen LogP contribution in [0.2, 0.25) is 0 Å². The van der Waals surface area contributed by atoms with Gasteiger partial charge in [-0.2, -0.15) is 0 Å². The molecule has 20 heavy (non-hydrogen) atoms. The molecule has 1 N–H and O–H groups in total. The molecule has 1 saturated carbocycles. The summed E-state index contributed by atoms with van der Waals surface area (Å²) in [4.78, 5) is 25.3. The molecule has 5 heteroatoms. The van der Waals surface area contributed by atoms with E-state index in [1.165, 1.54) is 0 Å². The summed E-state index contributed by atoms with van der Waals surface area (Å²) in [6, 6.07) is -0.618. The molecule has 2 fully saturated rings. The number of carbonyl (C=O) groups excluding carboxylic acids is 1. The zero-order chi connectivity index (χ0) is 14.5. The predicted molar refractivity (Wildman–Crippen MR) is 74.4 cm³/mol. The lowest BCUT2D eigenvalue weighted by atomic mass is 9.79. The van der Waals surface area contributed by atoms with E-state index >= 15 is 0 Å². The van der Waals surface area contributed by atoms with Gasteiger partial charge in [-0.15, -0.1) is 0 Å². The maximum absolute atomic E-state index is 12.4. The molecule has 1 atom stereocenters. The minimum absolute atomic E-state index is 0.0132. The van der Waals surface area contributed by atoms with E-state index in [9.17, 15) is 14.7 Å². The van der Waals surface area contributed by atoms with Crippen LogP contribution < -0.4 is 0 Å². The van der Waals surface area contributed by atoms with Crippen LogP contribution in [0.1, 0.15) is 51.9 Å². The average Bonchev–Trinajstić information content (AvgIpc) is 2.61. The zero-order valence-corrected chi connectivity index (χ0v) is 12.2. The van der Waals surface area contributed by atoms with Gasteiger partial charge >= 0.3 is 5.97 Å². The molecule has 1 aliphatic heterocycles. The molecule has 1 amide bonds. The van der Waals surface area contributed by atoms with Crippen molar-refractivity contribution in [2.45, 2.75) is 64.0 Å². The first kappa shape index (κ1) is 15.3. The lowest BCUT2D eigenvalue weighted by molar-refractivity contribution is -0.151. The summed E-state index contributed by atoms with van der Waals surface area (Å²) in [7, 11) is 0. The summed E-state index contributed by atoms with van der Waals surface area (Å²) in [6.07, 6.45) is 6.08. The Hall–Kier alpha value is -1.10. The summed E-state index contributed by atoms with van der Waals surface area (Å²) in [5, 5.41) is 9.29. The molecule has 1 unspecified atom stereocenters. The highest BCUT2D eigenvalue weighted by Crippen LogP contribution is 2.33. The number of ether oxygens (including phenoxy) is 1. The topological polar surface area (TPSA) is 66.8 Å². The van der Waals surface area contributed by atoms with Crippen molar-refractivity contribution in [1.82, 2.24) is 4.90 Å². The van der Waals surface area contributed by atoms with Crippen LogP contribution in [-0.4, -0.2) is 47.2 Å². The maximum atomic E-state index is 12.4. The molecule has 2 aliphatic rings. The highest BCUT2D eigenvalue weighted by Gasteiger charge is 2.35. The van der Waals surface area contributed by atoms with Crippen molar-refractivity contribution in [2.24, 2.45) is 5.92 Å². The van der Waals surface area contributed by atoms with Gasteiger partial charge in [0.15, 0.2) is 0 Å². The number of carboxylic acids is 1. The van der Waals surface area contributed by atoms with Crippen LogP contribution in [0.15, 0.2) is 0 Å². The first-order valence-corrected chi connectivity index (χ1v) is 7.75. The number of nitrogens with zero attached hydrogens (tertiary/aromatic N) is 1. The molecule has 0 aromatic rings. The third-order valence-corrected chi connectivity index (χ3v) is 4.42. The fourth-order valence-corrected chi connectivity index (χ4v) is 3.24. The number of rotatable bonds is 5. The minimum Gasteiger partial charge on any atom is -0.480 e. The Bertz CT molecular complexity index is 352. The molecule has 0 aromatic heterocycles. The van der Waals surface area contributed by atoms with Gasteiger partial charge in [0.1, 0.15) is 6.04 Å². The largest absolute Gasteiger partial charge is 0.480 e. The van der Waals surface area contributed by atoms with Crippen molar-refractivity contribution in [3.05, 3.63) is 0 Å².